The predicted molar refractivity (Wildman–Crippen MR) is 92.3 cm³/mol. The van der Waals surface area contributed by atoms with E-state index in [0.29, 0.717) is 20.8 Å². The van der Waals surface area contributed by atoms with Crippen LogP contribution in [-0.4, -0.2) is 4.98 Å². The van der Waals surface area contributed by atoms with Crippen LogP contribution in [0.4, 0.5) is 15.8 Å². The molecule has 0 radical (unpaired) electrons. The fraction of sp³-hybridized carbons (Fsp3) is 0.0625. The first-order valence-electron chi connectivity index (χ1n) is 6.62. The molecule has 3 aromatic rings. The third-order valence-electron chi connectivity index (χ3n) is 2.98. The van der Waals surface area contributed by atoms with E-state index in [1.165, 1.54) is 11.3 Å². The van der Waals surface area contributed by atoms with Crippen molar-refractivity contribution in [2.45, 2.75) is 6.92 Å². The van der Waals surface area contributed by atoms with E-state index in [2.05, 4.69) is 15.2 Å². The summed E-state index contributed by atoms with van der Waals surface area (Å²) in [6.07, 6.45) is 0. The molecule has 0 saturated carbocycles. The van der Waals surface area contributed by atoms with Gasteiger partial charge in [0.1, 0.15) is 5.69 Å². The standard InChI is InChI=1S/C16H13ClN4S/c1-10-4-2-5-11(8-10)14-15(22-16(18)19-14)21-20-13-7-3-6-12(17)9-13/h2-9H,1H3,(H2,18,19). The molecule has 0 spiro atoms. The fourth-order valence-electron chi connectivity index (χ4n) is 2.02. The van der Waals surface area contributed by atoms with Gasteiger partial charge in [-0.3, -0.25) is 0 Å². The lowest BCUT2D eigenvalue weighted by Gasteiger charge is -1.99. The molecule has 6 heteroatoms. The molecule has 3 rings (SSSR count). The van der Waals surface area contributed by atoms with Crippen molar-refractivity contribution in [3.05, 3.63) is 59.1 Å². The first kappa shape index (κ1) is 14.7. The lowest BCUT2D eigenvalue weighted by molar-refractivity contribution is 1.24. The van der Waals surface area contributed by atoms with Crippen LogP contribution in [0.3, 0.4) is 0 Å². The second-order valence-corrected chi connectivity index (χ2v) is 6.20. The molecule has 4 nitrogen and oxygen atoms in total. The van der Waals surface area contributed by atoms with Crippen LogP contribution in [0, 0.1) is 6.92 Å². The maximum atomic E-state index is 5.94. The van der Waals surface area contributed by atoms with E-state index in [9.17, 15) is 0 Å². The molecule has 0 atom stereocenters. The van der Waals surface area contributed by atoms with Crippen LogP contribution in [0.1, 0.15) is 5.56 Å². The van der Waals surface area contributed by atoms with E-state index >= 15 is 0 Å². The summed E-state index contributed by atoms with van der Waals surface area (Å²) in [4.78, 5) is 4.37. The number of aromatic nitrogens is 1. The maximum Gasteiger partial charge on any atom is 0.182 e. The van der Waals surface area contributed by atoms with Gasteiger partial charge in [0.2, 0.25) is 0 Å². The summed E-state index contributed by atoms with van der Waals surface area (Å²) in [5, 5.41) is 10.3. The zero-order valence-electron chi connectivity index (χ0n) is 11.8. The first-order valence-corrected chi connectivity index (χ1v) is 7.82. The number of halogens is 1. The SMILES string of the molecule is Cc1cccc(-c2nc(N)sc2N=Nc2cccc(Cl)c2)c1. The Morgan fingerprint density at radius 3 is 2.68 bits per heavy atom. The fourth-order valence-corrected chi connectivity index (χ4v) is 2.88. The van der Waals surface area contributed by atoms with Crippen LogP contribution in [-0.2, 0) is 0 Å². The number of nitrogen functional groups attached to an aromatic ring is 1. The minimum Gasteiger partial charge on any atom is -0.375 e. The molecular formula is C16H13ClN4S. The van der Waals surface area contributed by atoms with Gasteiger partial charge >= 0.3 is 0 Å². The Bertz CT molecular complexity index is 842. The summed E-state index contributed by atoms with van der Waals surface area (Å²) in [6, 6.07) is 15.3. The summed E-state index contributed by atoms with van der Waals surface area (Å²) >= 11 is 7.26. The summed E-state index contributed by atoms with van der Waals surface area (Å²) in [5.41, 5.74) is 9.40. The number of hydrogen-bond donors (Lipinski definition) is 1. The highest BCUT2D eigenvalue weighted by Gasteiger charge is 2.11. The number of rotatable bonds is 3. The van der Waals surface area contributed by atoms with Crippen LogP contribution in [0.15, 0.2) is 58.8 Å². The molecule has 110 valence electrons. The van der Waals surface area contributed by atoms with E-state index in [-0.39, 0.29) is 0 Å². The number of azo groups is 1. The normalized spacial score (nSPS) is 11.2. The molecule has 22 heavy (non-hydrogen) atoms. The highest BCUT2D eigenvalue weighted by Crippen LogP contribution is 2.38. The van der Waals surface area contributed by atoms with E-state index < -0.39 is 0 Å². The molecule has 0 aliphatic heterocycles. The molecule has 0 fully saturated rings. The molecule has 2 aromatic carbocycles. The number of nitrogens with zero attached hydrogens (tertiary/aromatic N) is 3. The van der Waals surface area contributed by atoms with E-state index in [1.54, 1.807) is 12.1 Å². The zero-order valence-corrected chi connectivity index (χ0v) is 13.4. The van der Waals surface area contributed by atoms with Crippen LogP contribution in [0.25, 0.3) is 11.3 Å². The van der Waals surface area contributed by atoms with Crippen molar-refractivity contribution in [1.82, 2.24) is 4.98 Å². The van der Waals surface area contributed by atoms with Gasteiger partial charge in [0.15, 0.2) is 10.1 Å². The number of nitrogens with two attached hydrogens (primary N) is 1. The average molecular weight is 329 g/mol. The van der Waals surface area contributed by atoms with E-state index in [1.807, 2.05) is 43.3 Å². The lowest BCUT2D eigenvalue weighted by atomic mass is 10.1. The van der Waals surface area contributed by atoms with Gasteiger partial charge < -0.3 is 5.73 Å². The molecule has 0 aliphatic rings. The number of hydrogen-bond acceptors (Lipinski definition) is 5. The monoisotopic (exact) mass is 328 g/mol. The van der Waals surface area contributed by atoms with Gasteiger partial charge in [-0.2, -0.15) is 0 Å². The van der Waals surface area contributed by atoms with Crippen molar-refractivity contribution in [3.8, 4) is 11.3 Å². The number of anilines is 1. The molecule has 0 unspecified atom stereocenters. The van der Waals surface area contributed by atoms with Gasteiger partial charge in [0, 0.05) is 10.6 Å². The Kier molecular flexibility index (Phi) is 4.18. The van der Waals surface area contributed by atoms with Crippen molar-refractivity contribution >= 4 is 38.8 Å². The molecular weight excluding hydrogens is 316 g/mol. The largest absolute Gasteiger partial charge is 0.375 e. The maximum absolute atomic E-state index is 5.94. The van der Waals surface area contributed by atoms with Crippen molar-refractivity contribution in [2.24, 2.45) is 10.2 Å². The van der Waals surface area contributed by atoms with Gasteiger partial charge in [0.25, 0.3) is 0 Å². The van der Waals surface area contributed by atoms with Crippen molar-refractivity contribution in [2.75, 3.05) is 5.73 Å². The first-order chi connectivity index (χ1) is 10.6. The lowest BCUT2D eigenvalue weighted by Crippen LogP contribution is -1.83. The van der Waals surface area contributed by atoms with E-state index in [0.717, 1.165) is 16.8 Å². The van der Waals surface area contributed by atoms with Gasteiger partial charge in [-0.25, -0.2) is 4.98 Å². The Balaban J connectivity index is 1.98. The number of aryl methyl sites for hydroxylation is 1. The average Bonchev–Trinajstić information content (AvgIpc) is 2.86. The molecule has 0 saturated heterocycles. The highest BCUT2D eigenvalue weighted by molar-refractivity contribution is 7.19. The summed E-state index contributed by atoms with van der Waals surface area (Å²) in [5.74, 6) is 0. The molecule has 0 aliphatic carbocycles. The smallest absolute Gasteiger partial charge is 0.182 e. The molecule has 1 heterocycles. The Labute approximate surface area is 137 Å². The summed E-state index contributed by atoms with van der Waals surface area (Å²) in [6.45, 7) is 2.03. The summed E-state index contributed by atoms with van der Waals surface area (Å²) < 4.78 is 0. The number of benzene rings is 2. The minimum atomic E-state index is 0.469. The van der Waals surface area contributed by atoms with Crippen molar-refractivity contribution in [1.29, 1.82) is 0 Å². The molecule has 1 aromatic heterocycles. The quantitative estimate of drug-likeness (QED) is 0.620. The van der Waals surface area contributed by atoms with Gasteiger partial charge in [-0.05, 0) is 31.2 Å². The Morgan fingerprint density at radius 2 is 1.91 bits per heavy atom. The minimum absolute atomic E-state index is 0.469. The second-order valence-electron chi connectivity index (χ2n) is 4.76. The van der Waals surface area contributed by atoms with Crippen molar-refractivity contribution in [3.63, 3.8) is 0 Å². The predicted octanol–water partition coefficient (Wildman–Crippen LogP) is 5.77. The number of thiazole rings is 1. The van der Waals surface area contributed by atoms with Crippen LogP contribution in [0.5, 0.6) is 0 Å². The van der Waals surface area contributed by atoms with Gasteiger partial charge in [-0.1, -0.05) is 52.8 Å². The Hall–Kier alpha value is -2.24. The third kappa shape index (κ3) is 3.32. The zero-order chi connectivity index (χ0) is 15.5. The van der Waals surface area contributed by atoms with Crippen LogP contribution in [0.2, 0.25) is 5.02 Å². The van der Waals surface area contributed by atoms with Gasteiger partial charge in [-0.15, -0.1) is 10.2 Å². The van der Waals surface area contributed by atoms with Gasteiger partial charge in [0.05, 0.1) is 5.69 Å². The Morgan fingerprint density at radius 1 is 1.09 bits per heavy atom. The molecule has 0 amide bonds. The molecule has 2 N–H and O–H groups in total. The second kappa shape index (κ2) is 6.25. The van der Waals surface area contributed by atoms with Crippen molar-refractivity contribution < 1.29 is 0 Å². The third-order valence-corrected chi connectivity index (χ3v) is 3.99. The van der Waals surface area contributed by atoms with Crippen LogP contribution < -0.4 is 5.73 Å². The van der Waals surface area contributed by atoms with E-state index in [4.69, 9.17) is 17.3 Å². The van der Waals surface area contributed by atoms with Crippen LogP contribution >= 0.6 is 22.9 Å². The summed E-state index contributed by atoms with van der Waals surface area (Å²) in [7, 11) is 0. The topological polar surface area (TPSA) is 63.6 Å². The molecule has 0 bridgehead atoms. The highest BCUT2D eigenvalue weighted by atomic mass is 35.5.